The van der Waals surface area contributed by atoms with Crippen LogP contribution in [0.4, 0.5) is 11.4 Å². The summed E-state index contributed by atoms with van der Waals surface area (Å²) in [5, 5.41) is 9.65. The topological polar surface area (TPSA) is 76.4 Å². The monoisotopic (exact) mass is 393 g/mol. The van der Waals surface area contributed by atoms with Crippen LogP contribution in [-0.2, 0) is 6.54 Å². The summed E-state index contributed by atoms with van der Waals surface area (Å²) in [5.74, 6) is 0.583. The zero-order valence-corrected chi connectivity index (χ0v) is 16.3. The molecule has 28 heavy (non-hydrogen) atoms. The Hall–Kier alpha value is -3.32. The summed E-state index contributed by atoms with van der Waals surface area (Å²) in [5.41, 5.74) is 3.57. The maximum absolute atomic E-state index is 12.6. The van der Waals surface area contributed by atoms with E-state index in [2.05, 4.69) is 15.6 Å². The summed E-state index contributed by atoms with van der Waals surface area (Å²) in [7, 11) is 1.87. The Balaban J connectivity index is 1.61. The number of thiazole rings is 1. The SMILES string of the molecule is CNc1cccc(NCc2c(C)c3ccc(Oc4nccs4)cc3oc2=O)c1. The molecule has 0 aliphatic carbocycles. The largest absolute Gasteiger partial charge is 0.431 e. The molecule has 142 valence electrons. The summed E-state index contributed by atoms with van der Waals surface area (Å²) < 4.78 is 11.3. The molecule has 0 saturated heterocycles. The molecule has 0 bridgehead atoms. The first-order valence-corrected chi connectivity index (χ1v) is 9.67. The molecule has 0 atom stereocenters. The van der Waals surface area contributed by atoms with Crippen molar-refractivity contribution in [3.05, 3.63) is 75.6 Å². The second-order valence-corrected chi connectivity index (χ2v) is 7.09. The maximum Gasteiger partial charge on any atom is 0.341 e. The lowest BCUT2D eigenvalue weighted by atomic mass is 10.1. The number of ether oxygens (including phenoxy) is 1. The van der Waals surface area contributed by atoms with Gasteiger partial charge in [-0.25, -0.2) is 9.78 Å². The number of anilines is 2. The van der Waals surface area contributed by atoms with E-state index in [0.717, 1.165) is 22.3 Å². The summed E-state index contributed by atoms with van der Waals surface area (Å²) >= 11 is 1.40. The maximum atomic E-state index is 12.6. The molecule has 0 radical (unpaired) electrons. The van der Waals surface area contributed by atoms with Gasteiger partial charge in [0.2, 0.25) is 0 Å². The molecule has 0 saturated carbocycles. The number of aryl methyl sites for hydroxylation is 1. The molecule has 0 aliphatic heterocycles. The fourth-order valence-electron chi connectivity index (χ4n) is 2.98. The smallest absolute Gasteiger partial charge is 0.341 e. The van der Waals surface area contributed by atoms with Crippen LogP contribution >= 0.6 is 11.3 Å². The van der Waals surface area contributed by atoms with Gasteiger partial charge in [-0.05, 0) is 42.8 Å². The molecule has 2 N–H and O–H groups in total. The second kappa shape index (κ2) is 7.74. The standard InChI is InChI=1S/C21H19N3O3S/c1-13-17-7-6-16(26-21-23-8-9-28-21)11-19(17)27-20(25)18(13)12-24-15-5-3-4-14(10-15)22-2/h3-11,22,24H,12H2,1-2H3. The number of aromatic nitrogens is 1. The number of hydrogen-bond donors (Lipinski definition) is 2. The molecule has 2 aromatic heterocycles. The van der Waals surface area contributed by atoms with Gasteiger partial charge in [-0.2, -0.15) is 0 Å². The number of benzene rings is 2. The van der Waals surface area contributed by atoms with Gasteiger partial charge in [0, 0.05) is 48.0 Å². The van der Waals surface area contributed by atoms with Crippen molar-refractivity contribution in [1.82, 2.24) is 4.98 Å². The molecule has 0 aliphatic rings. The zero-order valence-electron chi connectivity index (χ0n) is 15.5. The van der Waals surface area contributed by atoms with E-state index in [1.54, 1.807) is 12.3 Å². The quantitative estimate of drug-likeness (QED) is 0.449. The number of fused-ring (bicyclic) bond motifs is 1. The Morgan fingerprint density at radius 3 is 2.82 bits per heavy atom. The molecule has 0 amide bonds. The third-order valence-corrected chi connectivity index (χ3v) is 5.14. The van der Waals surface area contributed by atoms with E-state index in [0.29, 0.717) is 28.6 Å². The Morgan fingerprint density at radius 2 is 2.04 bits per heavy atom. The van der Waals surface area contributed by atoms with Crippen LogP contribution in [0.1, 0.15) is 11.1 Å². The fourth-order valence-corrected chi connectivity index (χ4v) is 3.48. The molecule has 4 rings (SSSR count). The zero-order chi connectivity index (χ0) is 19.5. The second-order valence-electron chi connectivity index (χ2n) is 6.24. The number of nitrogens with zero attached hydrogens (tertiary/aromatic N) is 1. The first kappa shape index (κ1) is 18.1. The fraction of sp³-hybridized carbons (Fsp3) is 0.143. The van der Waals surface area contributed by atoms with Crippen molar-refractivity contribution in [2.45, 2.75) is 13.5 Å². The molecule has 2 heterocycles. The Kier molecular flexibility index (Phi) is 4.99. The van der Waals surface area contributed by atoms with Gasteiger partial charge >= 0.3 is 5.63 Å². The summed E-state index contributed by atoms with van der Waals surface area (Å²) in [6.45, 7) is 2.32. The molecule has 7 heteroatoms. The van der Waals surface area contributed by atoms with Crippen molar-refractivity contribution in [3.63, 3.8) is 0 Å². The highest BCUT2D eigenvalue weighted by molar-refractivity contribution is 7.11. The lowest BCUT2D eigenvalue weighted by Crippen LogP contribution is -2.14. The van der Waals surface area contributed by atoms with E-state index in [4.69, 9.17) is 9.15 Å². The van der Waals surface area contributed by atoms with Crippen LogP contribution in [0.5, 0.6) is 10.9 Å². The predicted molar refractivity (Wildman–Crippen MR) is 113 cm³/mol. The van der Waals surface area contributed by atoms with E-state index >= 15 is 0 Å². The molecular formula is C21H19N3O3S. The first-order chi connectivity index (χ1) is 13.6. The number of rotatable bonds is 6. The van der Waals surface area contributed by atoms with Crippen molar-refractivity contribution in [3.8, 4) is 10.9 Å². The van der Waals surface area contributed by atoms with Gasteiger partial charge in [-0.15, -0.1) is 0 Å². The van der Waals surface area contributed by atoms with E-state index in [9.17, 15) is 4.79 Å². The van der Waals surface area contributed by atoms with Gasteiger partial charge in [0.25, 0.3) is 5.19 Å². The highest BCUT2D eigenvalue weighted by atomic mass is 32.1. The lowest BCUT2D eigenvalue weighted by molar-refractivity contribution is 0.476. The normalized spacial score (nSPS) is 10.8. The molecule has 0 unspecified atom stereocenters. The summed E-state index contributed by atoms with van der Waals surface area (Å²) in [4.78, 5) is 16.7. The molecule has 4 aromatic rings. The minimum atomic E-state index is -0.353. The van der Waals surface area contributed by atoms with Crippen LogP contribution in [0.15, 0.2) is 63.3 Å². The van der Waals surface area contributed by atoms with Crippen molar-refractivity contribution in [2.24, 2.45) is 0 Å². The van der Waals surface area contributed by atoms with Gasteiger partial charge in [0.1, 0.15) is 11.3 Å². The molecule has 0 fully saturated rings. The Bertz CT molecular complexity index is 1170. The van der Waals surface area contributed by atoms with Gasteiger partial charge in [-0.1, -0.05) is 17.4 Å². The average Bonchev–Trinajstić information content (AvgIpc) is 3.21. The molecule has 6 nitrogen and oxygen atoms in total. The van der Waals surface area contributed by atoms with Crippen LogP contribution in [0.2, 0.25) is 0 Å². The van der Waals surface area contributed by atoms with E-state index in [1.807, 2.05) is 55.7 Å². The molecular weight excluding hydrogens is 374 g/mol. The number of hydrogen-bond acceptors (Lipinski definition) is 7. The van der Waals surface area contributed by atoms with Crippen LogP contribution in [0, 0.1) is 6.92 Å². The molecule has 2 aromatic carbocycles. The third-order valence-electron chi connectivity index (χ3n) is 4.49. The summed E-state index contributed by atoms with van der Waals surface area (Å²) in [6, 6.07) is 13.4. The highest BCUT2D eigenvalue weighted by Crippen LogP contribution is 2.28. The van der Waals surface area contributed by atoms with E-state index < -0.39 is 0 Å². The van der Waals surface area contributed by atoms with Gasteiger partial charge in [0.15, 0.2) is 0 Å². The Labute approximate surface area is 165 Å². The number of nitrogens with one attached hydrogen (secondary N) is 2. The van der Waals surface area contributed by atoms with Crippen LogP contribution in [0.3, 0.4) is 0 Å². The Morgan fingerprint density at radius 1 is 1.18 bits per heavy atom. The lowest BCUT2D eigenvalue weighted by Gasteiger charge is -2.11. The van der Waals surface area contributed by atoms with Gasteiger partial charge in [-0.3, -0.25) is 0 Å². The van der Waals surface area contributed by atoms with Crippen LogP contribution in [-0.4, -0.2) is 12.0 Å². The summed E-state index contributed by atoms with van der Waals surface area (Å²) in [6.07, 6.45) is 1.68. The van der Waals surface area contributed by atoms with Gasteiger partial charge in [0.05, 0.1) is 5.56 Å². The van der Waals surface area contributed by atoms with Crippen molar-refractivity contribution < 1.29 is 9.15 Å². The average molecular weight is 393 g/mol. The van der Waals surface area contributed by atoms with E-state index in [1.165, 1.54) is 11.3 Å². The first-order valence-electron chi connectivity index (χ1n) is 8.79. The van der Waals surface area contributed by atoms with Crippen molar-refractivity contribution in [1.29, 1.82) is 0 Å². The minimum absolute atomic E-state index is 0.353. The third kappa shape index (κ3) is 3.70. The van der Waals surface area contributed by atoms with Crippen molar-refractivity contribution in [2.75, 3.05) is 17.7 Å². The van der Waals surface area contributed by atoms with Crippen molar-refractivity contribution >= 4 is 33.7 Å². The predicted octanol–water partition coefficient (Wildman–Crippen LogP) is 5.00. The van der Waals surface area contributed by atoms with Gasteiger partial charge < -0.3 is 19.8 Å². The molecule has 0 spiro atoms. The van der Waals surface area contributed by atoms with Crippen LogP contribution < -0.4 is 21.0 Å². The minimum Gasteiger partial charge on any atom is -0.431 e. The van der Waals surface area contributed by atoms with E-state index in [-0.39, 0.29) is 5.63 Å². The highest BCUT2D eigenvalue weighted by Gasteiger charge is 2.13. The van der Waals surface area contributed by atoms with Crippen LogP contribution in [0.25, 0.3) is 11.0 Å².